The van der Waals surface area contributed by atoms with Crippen LogP contribution in [0.2, 0.25) is 0 Å². The second kappa shape index (κ2) is 10.7. The number of hydrogen-bond acceptors (Lipinski definition) is 7. The number of phenols is 1. The first-order valence-corrected chi connectivity index (χ1v) is 12.3. The van der Waals surface area contributed by atoms with Gasteiger partial charge >= 0.3 is 0 Å². The normalized spacial score (nSPS) is 15.6. The molecule has 2 heterocycles. The number of amides is 1. The van der Waals surface area contributed by atoms with Crippen molar-refractivity contribution in [3.8, 4) is 11.5 Å². The van der Waals surface area contributed by atoms with Crippen molar-refractivity contribution in [3.63, 3.8) is 0 Å². The van der Waals surface area contributed by atoms with Crippen LogP contribution in [0.4, 0.5) is 21.6 Å². The van der Waals surface area contributed by atoms with Crippen LogP contribution in [0.1, 0.15) is 40.0 Å². The zero-order chi connectivity index (χ0) is 25.9. The maximum atomic E-state index is 14.5. The van der Waals surface area contributed by atoms with E-state index in [2.05, 4.69) is 34.0 Å². The van der Waals surface area contributed by atoms with Gasteiger partial charge in [-0.25, -0.2) is 14.4 Å². The summed E-state index contributed by atoms with van der Waals surface area (Å²) < 4.78 is 20.1. The van der Waals surface area contributed by atoms with Crippen LogP contribution in [0.5, 0.6) is 11.5 Å². The molecule has 1 saturated heterocycles. The molecule has 0 spiro atoms. The zero-order valence-electron chi connectivity index (χ0n) is 21.3. The second-order valence-electron chi connectivity index (χ2n) is 9.78. The number of aromatic nitrogens is 2. The third kappa shape index (κ3) is 5.36. The molecule has 0 radical (unpaired) electrons. The van der Waals surface area contributed by atoms with Crippen molar-refractivity contribution < 1.29 is 19.0 Å². The topological polar surface area (TPSA) is 90.8 Å². The van der Waals surface area contributed by atoms with Gasteiger partial charge < -0.3 is 25.0 Å². The van der Waals surface area contributed by atoms with Gasteiger partial charge in [0.05, 0.1) is 24.0 Å². The molecule has 8 nitrogen and oxygen atoms in total. The molecule has 2 N–H and O–H groups in total. The zero-order valence-corrected chi connectivity index (χ0v) is 21.3. The highest BCUT2D eigenvalue weighted by atomic mass is 19.1. The molecule has 0 unspecified atom stereocenters. The Kier molecular flexibility index (Phi) is 7.59. The number of carbonyl (C=O) groups excluding carboxylic acids is 1. The number of aromatic hydroxyl groups is 1. The number of carbonyl (C=O) groups is 1. The maximum Gasteiger partial charge on any atom is 0.223 e. The van der Waals surface area contributed by atoms with Gasteiger partial charge in [0.2, 0.25) is 5.91 Å². The van der Waals surface area contributed by atoms with Crippen LogP contribution in [0.25, 0.3) is 10.9 Å². The Morgan fingerprint density at radius 3 is 2.69 bits per heavy atom. The molecule has 0 atom stereocenters. The monoisotopic (exact) mass is 495 g/mol. The van der Waals surface area contributed by atoms with E-state index in [0.717, 1.165) is 38.9 Å². The summed E-state index contributed by atoms with van der Waals surface area (Å²) >= 11 is 0. The molecule has 0 aliphatic carbocycles. The number of fused-ring (bicyclic) bond motifs is 1. The van der Waals surface area contributed by atoms with Crippen molar-refractivity contribution in [2.24, 2.45) is 5.41 Å². The smallest absolute Gasteiger partial charge is 0.223 e. The molecule has 1 fully saturated rings. The number of nitrogens with zero attached hydrogens (tertiary/aromatic N) is 4. The highest BCUT2D eigenvalue weighted by molar-refractivity contribution is 6.00. The summed E-state index contributed by atoms with van der Waals surface area (Å²) in [5.74, 6) is -0.434. The van der Waals surface area contributed by atoms with Gasteiger partial charge in [-0.1, -0.05) is 19.9 Å². The number of phenolic OH excluding ortho intramolecular Hbond substituents is 1. The van der Waals surface area contributed by atoms with Crippen LogP contribution in [0, 0.1) is 11.2 Å². The van der Waals surface area contributed by atoms with Gasteiger partial charge in [0.1, 0.15) is 17.9 Å². The number of anilines is 3. The van der Waals surface area contributed by atoms with Crippen molar-refractivity contribution in [2.45, 2.75) is 40.0 Å². The first-order valence-electron chi connectivity index (χ1n) is 12.3. The fourth-order valence-corrected chi connectivity index (χ4v) is 4.83. The van der Waals surface area contributed by atoms with Gasteiger partial charge in [0.25, 0.3) is 0 Å². The molecule has 1 aromatic heterocycles. The van der Waals surface area contributed by atoms with Crippen LogP contribution >= 0.6 is 0 Å². The van der Waals surface area contributed by atoms with E-state index in [4.69, 9.17) is 4.74 Å². The number of hydrogen-bond donors (Lipinski definition) is 2. The Morgan fingerprint density at radius 1 is 1.28 bits per heavy atom. The third-order valence-corrected chi connectivity index (χ3v) is 6.98. The molecule has 4 rings (SSSR count). The van der Waals surface area contributed by atoms with Crippen LogP contribution in [-0.4, -0.2) is 59.2 Å². The fraction of sp³-hybridized carbons (Fsp3) is 0.444. The molecule has 36 heavy (non-hydrogen) atoms. The number of nitrogens with one attached hydrogen (secondary N) is 1. The van der Waals surface area contributed by atoms with Crippen molar-refractivity contribution in [1.82, 2.24) is 14.9 Å². The van der Waals surface area contributed by atoms with Gasteiger partial charge in [-0.2, -0.15) is 0 Å². The lowest BCUT2D eigenvalue weighted by molar-refractivity contribution is -0.117. The van der Waals surface area contributed by atoms with Crippen molar-refractivity contribution in [3.05, 3.63) is 42.5 Å². The summed E-state index contributed by atoms with van der Waals surface area (Å²) in [5, 5.41) is 13.3. The highest BCUT2D eigenvalue weighted by Crippen LogP contribution is 2.39. The minimum atomic E-state index is -0.772. The van der Waals surface area contributed by atoms with Crippen molar-refractivity contribution in [1.29, 1.82) is 0 Å². The highest BCUT2D eigenvalue weighted by Gasteiger charge is 2.34. The molecule has 2 aromatic carbocycles. The van der Waals surface area contributed by atoms with Crippen LogP contribution in [0.3, 0.4) is 0 Å². The Hall–Kier alpha value is -3.46. The Balaban J connectivity index is 1.71. The van der Waals surface area contributed by atoms with Crippen molar-refractivity contribution >= 4 is 34.0 Å². The Bertz CT molecular complexity index is 1240. The van der Waals surface area contributed by atoms with Gasteiger partial charge in [-0.15, -0.1) is 0 Å². The predicted molar refractivity (Wildman–Crippen MR) is 140 cm³/mol. The number of rotatable bonds is 8. The molecule has 0 bridgehead atoms. The van der Waals surface area contributed by atoms with Gasteiger partial charge in [0, 0.05) is 24.9 Å². The number of benzene rings is 2. The number of halogens is 1. The lowest BCUT2D eigenvalue weighted by Gasteiger charge is -2.42. The third-order valence-electron chi connectivity index (χ3n) is 6.98. The number of methoxy groups -OCH3 is 1. The van der Waals surface area contributed by atoms with Gasteiger partial charge in [-0.05, 0) is 62.5 Å². The van der Waals surface area contributed by atoms with Crippen LogP contribution in [0.15, 0.2) is 36.7 Å². The second-order valence-corrected chi connectivity index (χ2v) is 9.78. The molecule has 0 saturated carbocycles. The standard InChI is InChI=1S/C27H34FN5O3/c1-5-11-32-12-9-27(3,10-13-32)16-33(18(2)34)22-14-19-21(15-24(22)36-4)29-17-30-26(19)31-20-7-6-8-23(35)25(20)28/h6-8,14-15,17,35H,5,9-13,16H2,1-4H3,(H,29,30,31). The summed E-state index contributed by atoms with van der Waals surface area (Å²) in [4.78, 5) is 25.8. The average molecular weight is 496 g/mol. The lowest BCUT2D eigenvalue weighted by Crippen LogP contribution is -2.46. The number of ether oxygens (including phenoxy) is 1. The summed E-state index contributed by atoms with van der Waals surface area (Å²) in [6.07, 6.45) is 4.51. The number of piperidine rings is 1. The minimum absolute atomic E-state index is 0.0329. The summed E-state index contributed by atoms with van der Waals surface area (Å²) in [5.41, 5.74) is 1.25. The summed E-state index contributed by atoms with van der Waals surface area (Å²) in [6.45, 7) is 9.68. The Morgan fingerprint density at radius 2 is 2.03 bits per heavy atom. The lowest BCUT2D eigenvalue weighted by atomic mass is 9.79. The molecule has 9 heteroatoms. The fourth-order valence-electron chi connectivity index (χ4n) is 4.83. The number of likely N-dealkylation sites (tertiary alicyclic amines) is 1. The summed E-state index contributed by atoms with van der Waals surface area (Å²) in [7, 11) is 1.57. The molecule has 1 amide bonds. The summed E-state index contributed by atoms with van der Waals surface area (Å²) in [6, 6.07) is 7.91. The molecule has 3 aromatic rings. The molecule has 1 aliphatic heterocycles. The average Bonchev–Trinajstić information content (AvgIpc) is 2.86. The Labute approximate surface area is 211 Å². The predicted octanol–water partition coefficient (Wildman–Crippen LogP) is 5.09. The van der Waals surface area contributed by atoms with E-state index in [0.29, 0.717) is 34.7 Å². The van der Waals surface area contributed by atoms with Gasteiger partial charge in [0.15, 0.2) is 11.6 Å². The maximum absolute atomic E-state index is 14.5. The van der Waals surface area contributed by atoms with E-state index < -0.39 is 11.6 Å². The van der Waals surface area contributed by atoms with E-state index in [-0.39, 0.29) is 17.0 Å². The van der Waals surface area contributed by atoms with E-state index in [1.54, 1.807) is 31.1 Å². The first-order chi connectivity index (χ1) is 17.2. The molecular weight excluding hydrogens is 461 g/mol. The minimum Gasteiger partial charge on any atom is -0.505 e. The molecule has 1 aliphatic rings. The van der Waals surface area contributed by atoms with E-state index in [1.807, 2.05) is 6.07 Å². The first kappa shape index (κ1) is 25.6. The van der Waals surface area contributed by atoms with Crippen molar-refractivity contribution in [2.75, 3.05) is 43.5 Å². The largest absolute Gasteiger partial charge is 0.505 e. The van der Waals surface area contributed by atoms with E-state index in [9.17, 15) is 14.3 Å². The van der Waals surface area contributed by atoms with E-state index in [1.165, 1.54) is 18.5 Å². The van der Waals surface area contributed by atoms with Crippen LogP contribution in [-0.2, 0) is 4.79 Å². The molecular formula is C27H34FN5O3. The SMILES string of the molecule is CCCN1CCC(C)(CN(C(C)=O)c2cc3c(Nc4cccc(O)c4F)ncnc3cc2OC)CC1. The van der Waals surface area contributed by atoms with Crippen LogP contribution < -0.4 is 15.0 Å². The van der Waals surface area contributed by atoms with E-state index >= 15 is 0 Å². The molecule has 192 valence electrons. The quantitative estimate of drug-likeness (QED) is 0.450. The van der Waals surface area contributed by atoms with Gasteiger partial charge in [-0.3, -0.25) is 4.79 Å².